The number of hydrogen-bond acceptors (Lipinski definition) is 3. The molecule has 5 heteroatoms. The first kappa shape index (κ1) is 25.8. The number of fused-ring (bicyclic) bond motifs is 4. The smallest absolute Gasteiger partial charge is 0.396 e. The molecule has 2 aromatic carbocycles. The fourth-order valence-corrected chi connectivity index (χ4v) is 8.29. The van der Waals surface area contributed by atoms with Crippen molar-refractivity contribution >= 4 is 29.5 Å². The number of rotatable bonds is 6. The maximum absolute atomic E-state index is 2.72. The van der Waals surface area contributed by atoms with Crippen LogP contribution < -0.4 is 20.0 Å². The van der Waals surface area contributed by atoms with Crippen LogP contribution in [-0.2, 0) is 5.54 Å². The van der Waals surface area contributed by atoms with Crippen LogP contribution in [0.4, 0.5) is 17.1 Å². The number of nitrogens with zero attached hydrogens (tertiary/aromatic N) is 4. The van der Waals surface area contributed by atoms with Gasteiger partial charge in [0.1, 0.15) is 6.17 Å². The first-order valence-electron chi connectivity index (χ1n) is 14.7. The zero-order chi connectivity index (χ0) is 27.4. The number of benzene rings is 2. The molecule has 0 spiro atoms. The highest BCUT2D eigenvalue weighted by Crippen LogP contribution is 2.51. The number of pyridine rings is 1. The van der Waals surface area contributed by atoms with Gasteiger partial charge in [0.25, 0.3) is 0 Å². The standard InChI is InChI=1S/C34H42BN4/c1-7-33(5)34(8-2,38-24-16-14-22-35(38)31-21-13-15-23-37(31)33)27(4)25-32-36(6)29-19-11-12-20-30(29)39(32)28-18-10-9-17-26(28)3/h9-24,27,32H,7-8,25H2,1-6H3/q+1. The number of aromatic nitrogens is 1. The quantitative estimate of drug-likeness (QED) is 0.280. The van der Waals surface area contributed by atoms with Crippen molar-refractivity contribution in [2.75, 3.05) is 16.8 Å². The molecule has 4 nitrogen and oxygen atoms in total. The zero-order valence-corrected chi connectivity index (χ0v) is 24.4. The highest BCUT2D eigenvalue weighted by atomic mass is 15.4. The second-order valence-electron chi connectivity index (χ2n) is 11.9. The molecule has 0 aliphatic carbocycles. The van der Waals surface area contributed by atoms with Gasteiger partial charge in [0, 0.05) is 32.1 Å². The summed E-state index contributed by atoms with van der Waals surface area (Å²) in [5, 5.41) is 0. The van der Waals surface area contributed by atoms with E-state index in [1.807, 2.05) is 0 Å². The molecule has 0 saturated carbocycles. The average Bonchev–Trinajstić information content (AvgIpc) is 3.24. The summed E-state index contributed by atoms with van der Waals surface area (Å²) in [7, 11) is 2.28. The van der Waals surface area contributed by atoms with E-state index in [1.165, 1.54) is 28.2 Å². The molecule has 0 fully saturated rings. The number of anilines is 3. The summed E-state index contributed by atoms with van der Waals surface area (Å²) in [5.74, 6) is 2.79. The van der Waals surface area contributed by atoms with Crippen molar-refractivity contribution in [2.45, 2.75) is 71.1 Å². The third kappa shape index (κ3) is 3.55. The Morgan fingerprint density at radius 2 is 1.59 bits per heavy atom. The van der Waals surface area contributed by atoms with Gasteiger partial charge < -0.3 is 14.6 Å². The molecule has 0 saturated heterocycles. The van der Waals surface area contributed by atoms with Crippen LogP contribution in [0.1, 0.15) is 52.5 Å². The van der Waals surface area contributed by atoms with E-state index in [0.29, 0.717) is 5.92 Å². The fraction of sp³-hybridized carbons (Fsp3) is 0.382. The lowest BCUT2D eigenvalue weighted by Gasteiger charge is -2.59. The van der Waals surface area contributed by atoms with Gasteiger partial charge in [0.15, 0.2) is 17.3 Å². The highest BCUT2D eigenvalue weighted by molar-refractivity contribution is 6.74. The molecule has 3 aliphatic heterocycles. The molecule has 200 valence electrons. The minimum absolute atomic E-state index is 0.0682. The molecule has 0 bridgehead atoms. The van der Waals surface area contributed by atoms with Crippen LogP contribution in [0.3, 0.4) is 0 Å². The Morgan fingerprint density at radius 3 is 2.31 bits per heavy atom. The molecule has 39 heavy (non-hydrogen) atoms. The number of allylic oxidation sites excluding steroid dienone is 2. The van der Waals surface area contributed by atoms with Crippen molar-refractivity contribution in [3.8, 4) is 0 Å². The van der Waals surface area contributed by atoms with Crippen molar-refractivity contribution in [2.24, 2.45) is 5.92 Å². The molecule has 3 aliphatic rings. The van der Waals surface area contributed by atoms with Crippen LogP contribution in [0.15, 0.2) is 97.3 Å². The van der Waals surface area contributed by atoms with Gasteiger partial charge in [-0.3, -0.25) is 0 Å². The zero-order valence-electron chi connectivity index (χ0n) is 24.4. The van der Waals surface area contributed by atoms with Gasteiger partial charge in [-0.05, 0) is 67.8 Å². The summed E-state index contributed by atoms with van der Waals surface area (Å²) in [6, 6.07) is 24.5. The van der Waals surface area contributed by atoms with Crippen molar-refractivity contribution in [1.82, 2.24) is 4.81 Å². The van der Waals surface area contributed by atoms with Crippen molar-refractivity contribution in [3.63, 3.8) is 0 Å². The second-order valence-corrected chi connectivity index (χ2v) is 11.9. The topological polar surface area (TPSA) is 13.6 Å². The van der Waals surface area contributed by atoms with Crippen LogP contribution in [0, 0.1) is 12.8 Å². The van der Waals surface area contributed by atoms with Crippen molar-refractivity contribution in [3.05, 3.63) is 103 Å². The van der Waals surface area contributed by atoms with E-state index in [4.69, 9.17) is 0 Å². The molecule has 0 N–H and O–H groups in total. The molecular weight excluding hydrogens is 475 g/mol. The minimum atomic E-state index is -0.0697. The molecule has 0 radical (unpaired) electrons. The van der Waals surface area contributed by atoms with E-state index in [-0.39, 0.29) is 24.1 Å². The summed E-state index contributed by atoms with van der Waals surface area (Å²) < 4.78 is 2.61. The Bertz CT molecular complexity index is 1430. The fourth-order valence-electron chi connectivity index (χ4n) is 8.29. The molecule has 6 rings (SSSR count). The van der Waals surface area contributed by atoms with Crippen LogP contribution in [0.5, 0.6) is 0 Å². The number of aryl methyl sites for hydroxylation is 1. The maximum Gasteiger partial charge on any atom is 0.396 e. The Labute approximate surface area is 235 Å². The predicted octanol–water partition coefficient (Wildman–Crippen LogP) is 6.33. The molecule has 4 atom stereocenters. The van der Waals surface area contributed by atoms with E-state index in [9.17, 15) is 0 Å². The van der Waals surface area contributed by atoms with Gasteiger partial charge in [-0.1, -0.05) is 69.2 Å². The van der Waals surface area contributed by atoms with Gasteiger partial charge in [-0.2, -0.15) is 0 Å². The number of para-hydroxylation sites is 3. The summed E-state index contributed by atoms with van der Waals surface area (Å²) >= 11 is 0. The van der Waals surface area contributed by atoms with Crippen molar-refractivity contribution < 1.29 is 4.57 Å². The highest BCUT2D eigenvalue weighted by Gasteiger charge is 2.65. The maximum atomic E-state index is 2.72. The van der Waals surface area contributed by atoms with E-state index < -0.39 is 0 Å². The SMILES string of the molecule is CCC1(C(C)CC2N(C)c3ccccc3N2c2ccccc2C)N2C=CC=CB2c2cccc[n+]2C1(C)CC. The molecular formula is C34H42BN4+. The number of hydrogen-bond donors (Lipinski definition) is 0. The molecule has 3 aromatic rings. The summed E-state index contributed by atoms with van der Waals surface area (Å²) in [6.45, 7) is 12.3. The lowest BCUT2D eigenvalue weighted by Crippen LogP contribution is -2.87. The monoisotopic (exact) mass is 517 g/mol. The van der Waals surface area contributed by atoms with Gasteiger partial charge in [0.2, 0.25) is 0 Å². The van der Waals surface area contributed by atoms with Crippen LogP contribution in [0.25, 0.3) is 0 Å². The van der Waals surface area contributed by atoms with Gasteiger partial charge >= 0.3 is 6.85 Å². The first-order chi connectivity index (χ1) is 18.9. The van der Waals surface area contributed by atoms with Crippen LogP contribution in [-0.4, -0.2) is 30.4 Å². The third-order valence-corrected chi connectivity index (χ3v) is 10.3. The molecule has 0 amide bonds. The second kappa shape index (κ2) is 9.62. The largest absolute Gasteiger partial charge is 0.397 e. The molecule has 4 heterocycles. The Balaban J connectivity index is 1.48. The summed E-state index contributed by atoms with van der Waals surface area (Å²) in [4.78, 5) is 7.83. The Morgan fingerprint density at radius 1 is 0.897 bits per heavy atom. The molecule has 1 aromatic heterocycles. The van der Waals surface area contributed by atoms with Gasteiger partial charge in [0.05, 0.1) is 16.9 Å². The van der Waals surface area contributed by atoms with E-state index in [1.54, 1.807) is 0 Å². The van der Waals surface area contributed by atoms with Crippen LogP contribution in [0.2, 0.25) is 0 Å². The van der Waals surface area contributed by atoms with Gasteiger partial charge in [-0.25, -0.2) is 4.57 Å². The molecule has 4 unspecified atom stereocenters. The summed E-state index contributed by atoms with van der Waals surface area (Å²) in [6.07, 6.45) is 12.6. The lowest BCUT2D eigenvalue weighted by molar-refractivity contribution is -0.764. The first-order valence-corrected chi connectivity index (χ1v) is 14.7. The minimum Gasteiger partial charge on any atom is -0.397 e. The Kier molecular flexibility index (Phi) is 6.36. The van der Waals surface area contributed by atoms with Crippen LogP contribution >= 0.6 is 0 Å². The van der Waals surface area contributed by atoms with E-state index in [0.717, 1.165) is 19.3 Å². The normalized spacial score (nSPS) is 25.9. The van der Waals surface area contributed by atoms with E-state index in [2.05, 4.69) is 158 Å². The summed E-state index contributed by atoms with van der Waals surface area (Å²) in [5.41, 5.74) is 6.47. The predicted molar refractivity (Wildman–Crippen MR) is 165 cm³/mol. The lowest BCUT2D eigenvalue weighted by atomic mass is 9.47. The average molecular weight is 518 g/mol. The van der Waals surface area contributed by atoms with Crippen molar-refractivity contribution in [1.29, 1.82) is 0 Å². The van der Waals surface area contributed by atoms with Gasteiger partial charge in [-0.15, -0.1) is 0 Å². The Hall–Kier alpha value is -3.47. The van der Waals surface area contributed by atoms with E-state index >= 15 is 0 Å². The third-order valence-electron chi connectivity index (χ3n) is 10.3.